The Kier molecular flexibility index (Phi) is 3.31. The molecule has 1 amide bonds. The van der Waals surface area contributed by atoms with Crippen molar-refractivity contribution in [1.29, 1.82) is 0 Å². The number of amides is 1. The Labute approximate surface area is 103 Å². The molecule has 1 fully saturated rings. The Balaban J connectivity index is 2.21. The van der Waals surface area contributed by atoms with E-state index in [-0.39, 0.29) is 25.4 Å². The minimum absolute atomic E-state index is 0.178. The lowest BCUT2D eigenvalue weighted by atomic mass is 10.3. The fourth-order valence-corrected chi connectivity index (χ4v) is 2.42. The Morgan fingerprint density at radius 2 is 2.22 bits per heavy atom. The Morgan fingerprint density at radius 1 is 1.50 bits per heavy atom. The number of pyridine rings is 1. The van der Waals surface area contributed by atoms with E-state index in [1.165, 1.54) is 12.3 Å². The van der Waals surface area contributed by atoms with Crippen molar-refractivity contribution < 1.29 is 22.2 Å². The summed E-state index contributed by atoms with van der Waals surface area (Å²) >= 11 is 0. The molecular weight excluding hydrogens is 263 g/mol. The van der Waals surface area contributed by atoms with E-state index < -0.39 is 21.4 Å². The van der Waals surface area contributed by atoms with Gasteiger partial charge in [-0.15, -0.1) is 3.89 Å². The predicted molar refractivity (Wildman–Crippen MR) is 60.9 cm³/mol. The first kappa shape index (κ1) is 12.9. The van der Waals surface area contributed by atoms with Gasteiger partial charge in [-0.25, -0.2) is 4.98 Å². The van der Waals surface area contributed by atoms with Crippen molar-refractivity contribution >= 4 is 21.9 Å². The molecule has 1 aliphatic heterocycles. The number of nitrogens with zero attached hydrogens (tertiary/aromatic N) is 2. The number of carbonyl (C=O) groups is 1. The van der Waals surface area contributed by atoms with Crippen LogP contribution in [0.3, 0.4) is 0 Å². The molecule has 8 heteroatoms. The van der Waals surface area contributed by atoms with Gasteiger partial charge in [0.25, 0.3) is 0 Å². The third kappa shape index (κ3) is 2.49. The standard InChI is InChI=1S/C10H11FN2O4S/c11-18(16,17)8-3-10(15)13(5-8)9-2-1-7(6-14)4-12-9/h1-2,4,8,14H,3,5-6H2. The van der Waals surface area contributed by atoms with Gasteiger partial charge in [-0.2, -0.15) is 8.42 Å². The van der Waals surface area contributed by atoms with E-state index in [2.05, 4.69) is 4.98 Å². The van der Waals surface area contributed by atoms with Gasteiger partial charge in [-0.3, -0.25) is 9.69 Å². The van der Waals surface area contributed by atoms with Crippen LogP contribution in [0, 0.1) is 0 Å². The summed E-state index contributed by atoms with van der Waals surface area (Å²) in [6.45, 7) is -0.411. The van der Waals surface area contributed by atoms with Crippen LogP contribution in [0.15, 0.2) is 18.3 Å². The number of halogens is 1. The van der Waals surface area contributed by atoms with Crippen molar-refractivity contribution in [2.24, 2.45) is 0 Å². The minimum atomic E-state index is -4.72. The van der Waals surface area contributed by atoms with Crippen molar-refractivity contribution in [3.8, 4) is 0 Å². The lowest BCUT2D eigenvalue weighted by molar-refractivity contribution is -0.117. The second kappa shape index (κ2) is 4.62. The monoisotopic (exact) mass is 274 g/mol. The largest absolute Gasteiger partial charge is 0.392 e. The van der Waals surface area contributed by atoms with E-state index in [9.17, 15) is 17.1 Å². The number of rotatable bonds is 3. The molecule has 0 radical (unpaired) electrons. The summed E-state index contributed by atoms with van der Waals surface area (Å²) in [6, 6.07) is 3.05. The Bertz CT molecular complexity index is 558. The number of carbonyl (C=O) groups excluding carboxylic acids is 1. The zero-order valence-electron chi connectivity index (χ0n) is 9.28. The van der Waals surface area contributed by atoms with E-state index in [0.717, 1.165) is 4.90 Å². The second-order valence-electron chi connectivity index (χ2n) is 3.99. The van der Waals surface area contributed by atoms with Crippen LogP contribution in [-0.2, 0) is 21.6 Å². The third-order valence-electron chi connectivity index (χ3n) is 2.76. The highest BCUT2D eigenvalue weighted by Gasteiger charge is 2.39. The molecule has 1 N–H and O–H groups in total. The van der Waals surface area contributed by atoms with Gasteiger partial charge < -0.3 is 5.11 Å². The maximum atomic E-state index is 12.8. The summed E-state index contributed by atoms with van der Waals surface area (Å²) in [5.74, 6) is -0.228. The summed E-state index contributed by atoms with van der Waals surface area (Å²) < 4.78 is 34.3. The number of anilines is 1. The molecule has 0 bridgehead atoms. The van der Waals surface area contributed by atoms with Crippen LogP contribution in [0.25, 0.3) is 0 Å². The average molecular weight is 274 g/mol. The van der Waals surface area contributed by atoms with Crippen LogP contribution in [-0.4, -0.2) is 36.2 Å². The highest BCUT2D eigenvalue weighted by molar-refractivity contribution is 7.87. The van der Waals surface area contributed by atoms with Gasteiger partial charge in [-0.05, 0) is 11.6 Å². The fraction of sp³-hybridized carbons (Fsp3) is 0.400. The summed E-state index contributed by atoms with van der Waals surface area (Å²) in [5.41, 5.74) is 0.569. The molecule has 0 spiro atoms. The molecule has 1 unspecified atom stereocenters. The predicted octanol–water partition coefficient (Wildman–Crippen LogP) is -0.0215. The van der Waals surface area contributed by atoms with E-state index in [0.29, 0.717) is 5.56 Å². The quantitative estimate of drug-likeness (QED) is 0.783. The first-order valence-electron chi connectivity index (χ1n) is 5.21. The number of aliphatic hydroxyl groups is 1. The molecule has 2 rings (SSSR count). The molecule has 1 aromatic heterocycles. The van der Waals surface area contributed by atoms with Crippen LogP contribution in [0.4, 0.5) is 9.70 Å². The fourth-order valence-electron chi connectivity index (χ4n) is 1.75. The third-order valence-corrected chi connectivity index (χ3v) is 3.87. The van der Waals surface area contributed by atoms with Gasteiger partial charge in [0.1, 0.15) is 11.1 Å². The van der Waals surface area contributed by atoms with E-state index in [4.69, 9.17) is 5.11 Å². The molecule has 1 aliphatic rings. The normalized spacial score (nSPS) is 20.4. The number of aromatic nitrogens is 1. The van der Waals surface area contributed by atoms with Crippen molar-refractivity contribution in [3.05, 3.63) is 23.9 Å². The van der Waals surface area contributed by atoms with Crippen LogP contribution in [0.2, 0.25) is 0 Å². The first-order valence-corrected chi connectivity index (χ1v) is 6.66. The Hall–Kier alpha value is -1.54. The van der Waals surface area contributed by atoms with Crippen LogP contribution < -0.4 is 4.90 Å². The minimum Gasteiger partial charge on any atom is -0.392 e. The van der Waals surface area contributed by atoms with E-state index in [1.54, 1.807) is 6.07 Å². The van der Waals surface area contributed by atoms with Gasteiger partial charge in [0, 0.05) is 19.2 Å². The van der Waals surface area contributed by atoms with Crippen molar-refractivity contribution in [3.63, 3.8) is 0 Å². The van der Waals surface area contributed by atoms with Crippen molar-refractivity contribution in [2.45, 2.75) is 18.3 Å². The molecule has 1 atom stereocenters. The van der Waals surface area contributed by atoms with Gasteiger partial charge in [0.05, 0.1) is 6.61 Å². The van der Waals surface area contributed by atoms with Gasteiger partial charge in [0.2, 0.25) is 5.91 Å². The molecule has 0 aromatic carbocycles. The van der Waals surface area contributed by atoms with E-state index >= 15 is 0 Å². The molecule has 18 heavy (non-hydrogen) atoms. The Morgan fingerprint density at radius 3 is 2.67 bits per heavy atom. The molecular formula is C10H11FN2O4S. The summed E-state index contributed by atoms with van der Waals surface area (Å²) in [5, 5.41) is 7.52. The van der Waals surface area contributed by atoms with E-state index in [1.807, 2.05) is 0 Å². The first-order chi connectivity index (χ1) is 8.41. The van der Waals surface area contributed by atoms with Crippen LogP contribution in [0.1, 0.15) is 12.0 Å². The topological polar surface area (TPSA) is 87.6 Å². The maximum Gasteiger partial charge on any atom is 0.307 e. The molecule has 0 aliphatic carbocycles. The number of aliphatic hydroxyl groups excluding tert-OH is 1. The molecule has 0 saturated carbocycles. The smallest absolute Gasteiger partial charge is 0.307 e. The highest BCUT2D eigenvalue weighted by atomic mass is 32.3. The number of hydrogen-bond acceptors (Lipinski definition) is 5. The molecule has 1 saturated heterocycles. The van der Waals surface area contributed by atoms with Gasteiger partial charge in [0.15, 0.2) is 0 Å². The molecule has 98 valence electrons. The highest BCUT2D eigenvalue weighted by Crippen LogP contribution is 2.24. The van der Waals surface area contributed by atoms with Crippen molar-refractivity contribution in [2.75, 3.05) is 11.4 Å². The molecule has 2 heterocycles. The summed E-state index contributed by atoms with van der Waals surface area (Å²) in [6.07, 6.45) is 1.00. The second-order valence-corrected chi connectivity index (χ2v) is 5.61. The lowest BCUT2D eigenvalue weighted by Gasteiger charge is -2.14. The summed E-state index contributed by atoms with van der Waals surface area (Å²) in [4.78, 5) is 16.6. The lowest BCUT2D eigenvalue weighted by Crippen LogP contribution is -2.27. The zero-order valence-corrected chi connectivity index (χ0v) is 10.1. The van der Waals surface area contributed by atoms with Gasteiger partial charge in [-0.1, -0.05) is 6.07 Å². The van der Waals surface area contributed by atoms with Crippen LogP contribution in [0.5, 0.6) is 0 Å². The van der Waals surface area contributed by atoms with Crippen LogP contribution >= 0.6 is 0 Å². The zero-order chi connectivity index (χ0) is 13.3. The average Bonchev–Trinajstić information content (AvgIpc) is 2.71. The maximum absolute atomic E-state index is 12.8. The SMILES string of the molecule is O=C1CC(S(=O)(=O)F)CN1c1ccc(CO)cn1. The van der Waals surface area contributed by atoms with Crippen molar-refractivity contribution in [1.82, 2.24) is 4.98 Å². The summed E-state index contributed by atoms with van der Waals surface area (Å²) in [7, 11) is -4.72. The van der Waals surface area contributed by atoms with Gasteiger partial charge >= 0.3 is 10.2 Å². The molecule has 1 aromatic rings. The number of hydrogen-bond donors (Lipinski definition) is 1. The molecule has 6 nitrogen and oxygen atoms in total.